The summed E-state index contributed by atoms with van der Waals surface area (Å²) in [5.74, 6) is 0. The van der Waals surface area contributed by atoms with E-state index in [0.717, 1.165) is 23.8 Å². The van der Waals surface area contributed by atoms with Crippen molar-refractivity contribution in [2.24, 2.45) is 0 Å². The van der Waals surface area contributed by atoms with E-state index in [1.165, 1.54) is 27.4 Å². The van der Waals surface area contributed by atoms with Crippen molar-refractivity contribution in [3.63, 3.8) is 0 Å². The Labute approximate surface area is 139 Å². The molecule has 2 heteroatoms. The third-order valence-corrected chi connectivity index (χ3v) is 4.20. The fourth-order valence-electron chi connectivity index (χ4n) is 2.71. The molecule has 0 amide bonds. The van der Waals surface area contributed by atoms with Crippen LogP contribution in [0.5, 0.6) is 0 Å². The lowest BCUT2D eigenvalue weighted by atomic mass is 10.1. The molecular weight excluding hydrogens is 280 g/mol. The summed E-state index contributed by atoms with van der Waals surface area (Å²) in [5, 5.41) is 3.40. The standard InChI is InChI=1S/C21H28N2/c1-7-12-23(6)17(4)10-8-15(2)13-19-18(5)22-21-11-9-16(3)14-20(19)21/h8-11,13-14,22H,5,7,12H2,1-4,6H3/b15-8+,17-10+,19-13+. The Morgan fingerprint density at radius 2 is 2.00 bits per heavy atom. The zero-order valence-corrected chi connectivity index (χ0v) is 15.0. The Bertz CT molecular complexity index is 850. The van der Waals surface area contributed by atoms with Crippen molar-refractivity contribution in [1.29, 1.82) is 0 Å². The van der Waals surface area contributed by atoms with E-state index >= 15 is 0 Å². The quantitative estimate of drug-likeness (QED) is 0.831. The molecule has 0 saturated carbocycles. The first kappa shape index (κ1) is 17.1. The Hall–Kier alpha value is -2.22. The van der Waals surface area contributed by atoms with Gasteiger partial charge in [0.1, 0.15) is 0 Å². The zero-order chi connectivity index (χ0) is 17.0. The summed E-state index contributed by atoms with van der Waals surface area (Å²) in [5.41, 5.74) is 4.92. The smallest absolute Gasteiger partial charge is 0.0464 e. The van der Waals surface area contributed by atoms with E-state index in [1.807, 2.05) is 0 Å². The lowest BCUT2D eigenvalue weighted by Gasteiger charge is -2.18. The fraction of sp³-hybridized carbons (Fsp3) is 0.333. The van der Waals surface area contributed by atoms with Gasteiger partial charge in [-0.2, -0.15) is 0 Å². The molecule has 0 aliphatic heterocycles. The van der Waals surface area contributed by atoms with E-state index in [-0.39, 0.29) is 0 Å². The third kappa shape index (κ3) is 4.16. The second-order valence-corrected chi connectivity index (χ2v) is 6.35. The van der Waals surface area contributed by atoms with E-state index in [4.69, 9.17) is 0 Å². The Balaban J connectivity index is 2.40. The minimum absolute atomic E-state index is 0.974. The molecule has 0 fully saturated rings. The van der Waals surface area contributed by atoms with E-state index in [0.29, 0.717) is 0 Å². The largest absolute Gasteiger partial charge is 0.378 e. The molecule has 0 spiro atoms. The molecule has 0 saturated heterocycles. The molecule has 2 nitrogen and oxygen atoms in total. The first-order valence-corrected chi connectivity index (χ1v) is 8.27. The molecule has 0 aliphatic rings. The van der Waals surface area contributed by atoms with Crippen LogP contribution in [-0.2, 0) is 0 Å². The van der Waals surface area contributed by atoms with Gasteiger partial charge >= 0.3 is 0 Å². The highest BCUT2D eigenvalue weighted by Crippen LogP contribution is 2.09. The first-order chi connectivity index (χ1) is 10.9. The second-order valence-electron chi connectivity index (χ2n) is 6.35. The van der Waals surface area contributed by atoms with Gasteiger partial charge in [-0.3, -0.25) is 0 Å². The van der Waals surface area contributed by atoms with E-state index in [9.17, 15) is 0 Å². The molecule has 23 heavy (non-hydrogen) atoms. The Morgan fingerprint density at radius 3 is 2.70 bits per heavy atom. The molecule has 0 bridgehead atoms. The highest BCUT2D eigenvalue weighted by Gasteiger charge is 2.00. The van der Waals surface area contributed by atoms with Crippen molar-refractivity contribution in [3.05, 3.63) is 57.8 Å². The van der Waals surface area contributed by atoms with Crippen LogP contribution in [0, 0.1) is 6.92 Å². The van der Waals surface area contributed by atoms with E-state index < -0.39 is 0 Å². The van der Waals surface area contributed by atoms with Crippen LogP contribution < -0.4 is 10.6 Å². The number of hydrogen-bond acceptors (Lipinski definition) is 1. The number of benzene rings is 1. The van der Waals surface area contributed by atoms with Gasteiger partial charge in [0.05, 0.1) is 0 Å². The number of rotatable bonds is 5. The normalized spacial score (nSPS) is 13.9. The predicted molar refractivity (Wildman–Crippen MR) is 103 cm³/mol. The van der Waals surface area contributed by atoms with Crippen molar-refractivity contribution < 1.29 is 0 Å². The van der Waals surface area contributed by atoms with Crippen LogP contribution in [0.1, 0.15) is 32.8 Å². The van der Waals surface area contributed by atoms with Gasteiger partial charge in [0.15, 0.2) is 0 Å². The fourth-order valence-corrected chi connectivity index (χ4v) is 2.71. The lowest BCUT2D eigenvalue weighted by molar-refractivity contribution is 0.418. The van der Waals surface area contributed by atoms with Crippen LogP contribution in [0.25, 0.3) is 23.6 Å². The van der Waals surface area contributed by atoms with Gasteiger partial charge in [-0.25, -0.2) is 0 Å². The maximum Gasteiger partial charge on any atom is 0.0464 e. The number of nitrogens with one attached hydrogen (secondary N) is 1. The molecule has 2 aromatic rings. The zero-order valence-electron chi connectivity index (χ0n) is 15.0. The number of hydrogen-bond donors (Lipinski definition) is 1. The van der Waals surface area contributed by atoms with Gasteiger partial charge in [0.25, 0.3) is 0 Å². The summed E-state index contributed by atoms with van der Waals surface area (Å²) in [6.45, 7) is 13.9. The first-order valence-electron chi connectivity index (χ1n) is 8.27. The number of aromatic amines is 1. The van der Waals surface area contributed by atoms with Crippen molar-refractivity contribution in [2.45, 2.75) is 34.1 Å². The number of H-pyrrole nitrogens is 1. The molecule has 122 valence electrons. The SMILES string of the molecule is C=c1[nH]c2ccc(C)cc2/c1=C/C(C)=C/C=C(\C)N(C)CCC. The Kier molecular flexibility index (Phi) is 5.49. The molecule has 1 aromatic heterocycles. The van der Waals surface area contributed by atoms with Gasteiger partial charge < -0.3 is 9.88 Å². The third-order valence-electron chi connectivity index (χ3n) is 4.20. The summed E-state index contributed by atoms with van der Waals surface area (Å²) >= 11 is 0. The van der Waals surface area contributed by atoms with Crippen molar-refractivity contribution in [3.8, 4) is 0 Å². The average molecular weight is 308 g/mol. The topological polar surface area (TPSA) is 19.0 Å². The number of allylic oxidation sites excluding steroid dienone is 4. The van der Waals surface area contributed by atoms with Crippen LogP contribution in [0.3, 0.4) is 0 Å². The maximum absolute atomic E-state index is 4.15. The Morgan fingerprint density at radius 1 is 1.26 bits per heavy atom. The van der Waals surface area contributed by atoms with Crippen LogP contribution in [0.2, 0.25) is 0 Å². The van der Waals surface area contributed by atoms with E-state index in [1.54, 1.807) is 0 Å². The number of nitrogens with zero attached hydrogens (tertiary/aromatic N) is 1. The van der Waals surface area contributed by atoms with Crippen LogP contribution in [0.4, 0.5) is 0 Å². The van der Waals surface area contributed by atoms with Gasteiger partial charge in [-0.05, 0) is 51.5 Å². The molecular formula is C21H28N2. The van der Waals surface area contributed by atoms with Crippen molar-refractivity contribution in [2.75, 3.05) is 13.6 Å². The highest BCUT2D eigenvalue weighted by atomic mass is 15.1. The molecule has 1 aromatic carbocycles. The molecule has 0 aliphatic carbocycles. The molecule has 1 heterocycles. The minimum atomic E-state index is 0.974. The van der Waals surface area contributed by atoms with Crippen molar-refractivity contribution in [1.82, 2.24) is 9.88 Å². The summed E-state index contributed by atoms with van der Waals surface area (Å²) in [4.78, 5) is 5.65. The monoisotopic (exact) mass is 308 g/mol. The summed E-state index contributed by atoms with van der Waals surface area (Å²) in [6.07, 6.45) is 7.74. The molecule has 0 unspecified atom stereocenters. The van der Waals surface area contributed by atoms with Crippen LogP contribution in [-0.4, -0.2) is 23.5 Å². The summed E-state index contributed by atoms with van der Waals surface area (Å²) in [7, 11) is 2.14. The lowest BCUT2D eigenvalue weighted by Crippen LogP contribution is -2.20. The molecule has 1 N–H and O–H groups in total. The van der Waals surface area contributed by atoms with Gasteiger partial charge in [0, 0.05) is 40.8 Å². The summed E-state index contributed by atoms with van der Waals surface area (Å²) < 4.78 is 0. The minimum Gasteiger partial charge on any atom is -0.378 e. The van der Waals surface area contributed by atoms with Crippen LogP contribution in [0.15, 0.2) is 41.6 Å². The predicted octanol–water partition coefficient (Wildman–Crippen LogP) is 3.86. The molecule has 0 radical (unpaired) electrons. The van der Waals surface area contributed by atoms with Gasteiger partial charge in [0.2, 0.25) is 0 Å². The van der Waals surface area contributed by atoms with Crippen LogP contribution >= 0.6 is 0 Å². The number of fused-ring (bicyclic) bond motifs is 1. The van der Waals surface area contributed by atoms with Gasteiger partial charge in [-0.15, -0.1) is 0 Å². The summed E-state index contributed by atoms with van der Waals surface area (Å²) in [6, 6.07) is 6.47. The molecule has 2 rings (SSSR count). The maximum atomic E-state index is 4.15. The second kappa shape index (κ2) is 7.36. The van der Waals surface area contributed by atoms with Gasteiger partial charge in [-0.1, -0.05) is 36.8 Å². The highest BCUT2D eigenvalue weighted by molar-refractivity contribution is 5.82. The average Bonchev–Trinajstić information content (AvgIpc) is 2.81. The molecule has 0 atom stereocenters. The van der Waals surface area contributed by atoms with Crippen molar-refractivity contribution >= 4 is 23.6 Å². The van der Waals surface area contributed by atoms with E-state index in [2.05, 4.69) is 87.6 Å². The number of aromatic nitrogens is 1. The number of aryl methyl sites for hydroxylation is 1.